The van der Waals surface area contributed by atoms with Gasteiger partial charge in [-0.05, 0) is 32.5 Å². The fraction of sp³-hybridized carbons (Fsp3) is 0.462. The number of hydrogen-bond acceptors (Lipinski definition) is 3. The molecule has 1 aromatic rings. The van der Waals surface area contributed by atoms with Crippen LogP contribution >= 0.6 is 0 Å². The maximum Gasteiger partial charge on any atom is 0.238 e. The number of benzene rings is 1. The largest absolute Gasteiger partial charge is 0.395 e. The van der Waals surface area contributed by atoms with Crippen molar-refractivity contribution in [3.63, 3.8) is 0 Å². The summed E-state index contributed by atoms with van der Waals surface area (Å²) in [6.07, 6.45) is 0. The second-order valence-corrected chi connectivity index (χ2v) is 4.33. The van der Waals surface area contributed by atoms with Gasteiger partial charge in [0.15, 0.2) is 0 Å². The SMILES string of the molecule is Cc1ccc(NC(=O)CN(C)CCO)c(C)c1. The molecule has 0 aliphatic rings. The summed E-state index contributed by atoms with van der Waals surface area (Å²) in [7, 11) is 1.80. The van der Waals surface area contributed by atoms with Gasteiger partial charge in [-0.25, -0.2) is 0 Å². The van der Waals surface area contributed by atoms with Crippen LogP contribution in [0.2, 0.25) is 0 Å². The number of amides is 1. The third kappa shape index (κ3) is 4.54. The Bertz CT molecular complexity index is 391. The predicted molar refractivity (Wildman–Crippen MR) is 69.1 cm³/mol. The van der Waals surface area contributed by atoms with E-state index in [4.69, 9.17) is 5.11 Å². The summed E-state index contributed by atoms with van der Waals surface area (Å²) in [5.74, 6) is -0.0621. The molecule has 0 heterocycles. The van der Waals surface area contributed by atoms with Gasteiger partial charge in [-0.2, -0.15) is 0 Å². The number of carbonyl (C=O) groups is 1. The Kier molecular flexibility index (Phi) is 5.12. The molecule has 4 heteroatoms. The average Bonchev–Trinajstić information content (AvgIpc) is 2.22. The van der Waals surface area contributed by atoms with E-state index in [1.54, 1.807) is 11.9 Å². The van der Waals surface area contributed by atoms with Gasteiger partial charge in [-0.3, -0.25) is 9.69 Å². The molecule has 4 nitrogen and oxygen atoms in total. The molecule has 17 heavy (non-hydrogen) atoms. The highest BCUT2D eigenvalue weighted by molar-refractivity contribution is 5.92. The Morgan fingerprint density at radius 2 is 2.12 bits per heavy atom. The highest BCUT2D eigenvalue weighted by Gasteiger charge is 2.07. The number of aliphatic hydroxyl groups excluding tert-OH is 1. The fourth-order valence-electron chi connectivity index (χ4n) is 1.64. The van der Waals surface area contributed by atoms with Crippen LogP contribution in [0, 0.1) is 13.8 Å². The van der Waals surface area contributed by atoms with Crippen molar-refractivity contribution in [2.75, 3.05) is 32.1 Å². The first-order valence-corrected chi connectivity index (χ1v) is 5.69. The topological polar surface area (TPSA) is 52.6 Å². The molecule has 94 valence electrons. The van der Waals surface area contributed by atoms with E-state index in [0.29, 0.717) is 6.54 Å². The summed E-state index contributed by atoms with van der Waals surface area (Å²) in [5, 5.41) is 11.6. The van der Waals surface area contributed by atoms with Gasteiger partial charge < -0.3 is 10.4 Å². The number of carbonyl (C=O) groups excluding carboxylic acids is 1. The van der Waals surface area contributed by atoms with E-state index in [0.717, 1.165) is 11.3 Å². The molecule has 1 aromatic carbocycles. The van der Waals surface area contributed by atoms with E-state index < -0.39 is 0 Å². The Balaban J connectivity index is 2.56. The fourth-order valence-corrected chi connectivity index (χ4v) is 1.64. The monoisotopic (exact) mass is 236 g/mol. The van der Waals surface area contributed by atoms with E-state index in [2.05, 4.69) is 5.32 Å². The number of likely N-dealkylation sites (N-methyl/N-ethyl adjacent to an activating group) is 1. The first-order valence-electron chi connectivity index (χ1n) is 5.69. The molecule has 0 aromatic heterocycles. The van der Waals surface area contributed by atoms with Gasteiger partial charge in [0.1, 0.15) is 0 Å². The van der Waals surface area contributed by atoms with Gasteiger partial charge in [0, 0.05) is 12.2 Å². The lowest BCUT2D eigenvalue weighted by Gasteiger charge is -2.15. The molecular formula is C13H20N2O2. The van der Waals surface area contributed by atoms with E-state index >= 15 is 0 Å². The third-order valence-corrected chi connectivity index (χ3v) is 2.55. The molecule has 0 aliphatic heterocycles. The highest BCUT2D eigenvalue weighted by atomic mass is 16.3. The van der Waals surface area contributed by atoms with Crippen molar-refractivity contribution < 1.29 is 9.90 Å². The first-order chi connectivity index (χ1) is 8.02. The number of nitrogens with one attached hydrogen (secondary N) is 1. The Hall–Kier alpha value is -1.39. The molecule has 0 aliphatic carbocycles. The van der Waals surface area contributed by atoms with Crippen molar-refractivity contribution in [3.8, 4) is 0 Å². The molecule has 0 saturated carbocycles. The van der Waals surface area contributed by atoms with Gasteiger partial charge in [0.2, 0.25) is 5.91 Å². The molecule has 2 N–H and O–H groups in total. The zero-order chi connectivity index (χ0) is 12.8. The van der Waals surface area contributed by atoms with E-state index in [-0.39, 0.29) is 19.1 Å². The number of aliphatic hydroxyl groups is 1. The Labute approximate surface area is 102 Å². The summed E-state index contributed by atoms with van der Waals surface area (Å²) < 4.78 is 0. The number of aryl methyl sites for hydroxylation is 2. The van der Waals surface area contributed by atoms with Crippen LogP contribution in [-0.2, 0) is 4.79 Å². The number of anilines is 1. The molecular weight excluding hydrogens is 216 g/mol. The maximum atomic E-state index is 11.7. The van der Waals surface area contributed by atoms with Crippen LogP contribution in [0.3, 0.4) is 0 Å². The first kappa shape index (κ1) is 13.7. The summed E-state index contributed by atoms with van der Waals surface area (Å²) in [4.78, 5) is 13.5. The third-order valence-electron chi connectivity index (χ3n) is 2.55. The van der Waals surface area contributed by atoms with Gasteiger partial charge in [-0.1, -0.05) is 17.7 Å². The lowest BCUT2D eigenvalue weighted by Crippen LogP contribution is -2.32. The molecule has 0 fully saturated rings. The van der Waals surface area contributed by atoms with Crippen molar-refractivity contribution in [2.45, 2.75) is 13.8 Å². The lowest BCUT2D eigenvalue weighted by atomic mass is 10.1. The summed E-state index contributed by atoms with van der Waals surface area (Å²) in [5.41, 5.74) is 3.08. The van der Waals surface area contributed by atoms with E-state index in [1.165, 1.54) is 5.56 Å². The number of rotatable bonds is 5. The van der Waals surface area contributed by atoms with Crippen molar-refractivity contribution in [2.24, 2.45) is 0 Å². The number of nitrogens with zero attached hydrogens (tertiary/aromatic N) is 1. The number of hydrogen-bond donors (Lipinski definition) is 2. The zero-order valence-corrected chi connectivity index (χ0v) is 10.7. The van der Waals surface area contributed by atoms with Crippen molar-refractivity contribution in [1.29, 1.82) is 0 Å². The lowest BCUT2D eigenvalue weighted by molar-refractivity contribution is -0.117. The van der Waals surface area contributed by atoms with Crippen LogP contribution in [0.4, 0.5) is 5.69 Å². The van der Waals surface area contributed by atoms with Crippen LogP contribution < -0.4 is 5.32 Å². The molecule has 0 saturated heterocycles. The van der Waals surface area contributed by atoms with Crippen LogP contribution in [0.25, 0.3) is 0 Å². The van der Waals surface area contributed by atoms with Crippen LogP contribution in [0.1, 0.15) is 11.1 Å². The van der Waals surface area contributed by atoms with Crippen LogP contribution in [-0.4, -0.2) is 42.7 Å². The molecule has 0 unspecified atom stereocenters. The van der Waals surface area contributed by atoms with Gasteiger partial charge in [0.25, 0.3) is 0 Å². The molecule has 0 bridgehead atoms. The van der Waals surface area contributed by atoms with Crippen molar-refractivity contribution in [3.05, 3.63) is 29.3 Å². The van der Waals surface area contributed by atoms with E-state index in [1.807, 2.05) is 32.0 Å². The summed E-state index contributed by atoms with van der Waals surface area (Å²) in [6.45, 7) is 4.84. The molecule has 1 amide bonds. The Morgan fingerprint density at radius 1 is 1.41 bits per heavy atom. The van der Waals surface area contributed by atoms with Crippen molar-refractivity contribution >= 4 is 11.6 Å². The highest BCUT2D eigenvalue weighted by Crippen LogP contribution is 2.15. The molecule has 0 spiro atoms. The summed E-state index contributed by atoms with van der Waals surface area (Å²) in [6, 6.07) is 5.92. The molecule has 0 atom stereocenters. The average molecular weight is 236 g/mol. The minimum absolute atomic E-state index is 0.0621. The molecule has 1 rings (SSSR count). The van der Waals surface area contributed by atoms with Crippen molar-refractivity contribution in [1.82, 2.24) is 4.90 Å². The normalized spacial score (nSPS) is 10.6. The Morgan fingerprint density at radius 3 is 2.71 bits per heavy atom. The smallest absolute Gasteiger partial charge is 0.238 e. The zero-order valence-electron chi connectivity index (χ0n) is 10.7. The minimum atomic E-state index is -0.0621. The van der Waals surface area contributed by atoms with Crippen LogP contribution in [0.5, 0.6) is 0 Å². The van der Waals surface area contributed by atoms with Crippen LogP contribution in [0.15, 0.2) is 18.2 Å². The minimum Gasteiger partial charge on any atom is -0.395 e. The standard InChI is InChI=1S/C13H20N2O2/c1-10-4-5-12(11(2)8-10)14-13(17)9-15(3)6-7-16/h4-5,8,16H,6-7,9H2,1-3H3,(H,14,17). The molecule has 0 radical (unpaired) electrons. The van der Waals surface area contributed by atoms with Gasteiger partial charge in [0.05, 0.1) is 13.2 Å². The second-order valence-electron chi connectivity index (χ2n) is 4.33. The quantitative estimate of drug-likeness (QED) is 0.807. The van der Waals surface area contributed by atoms with Gasteiger partial charge in [-0.15, -0.1) is 0 Å². The maximum absolute atomic E-state index is 11.7. The second kappa shape index (κ2) is 6.37. The van der Waals surface area contributed by atoms with E-state index in [9.17, 15) is 4.79 Å². The predicted octanol–water partition coefficient (Wildman–Crippen LogP) is 1.17. The van der Waals surface area contributed by atoms with Gasteiger partial charge >= 0.3 is 0 Å². The summed E-state index contributed by atoms with van der Waals surface area (Å²) >= 11 is 0.